The first-order chi connectivity index (χ1) is 16.6. The van der Waals surface area contributed by atoms with Crippen LogP contribution < -0.4 is 10.6 Å². The lowest BCUT2D eigenvalue weighted by Crippen LogP contribution is -2.33. The summed E-state index contributed by atoms with van der Waals surface area (Å²) in [5.74, 6) is 0.765. The van der Waals surface area contributed by atoms with Crippen LogP contribution in [0.25, 0.3) is 0 Å². The van der Waals surface area contributed by atoms with Gasteiger partial charge in [-0.2, -0.15) is 0 Å². The van der Waals surface area contributed by atoms with Gasteiger partial charge in [-0.05, 0) is 91.6 Å². The molecule has 0 aliphatic rings. The monoisotopic (exact) mass is 605 g/mol. The van der Waals surface area contributed by atoms with E-state index in [1.807, 2.05) is 82.5 Å². The van der Waals surface area contributed by atoms with E-state index in [9.17, 15) is 9.59 Å². The van der Waals surface area contributed by atoms with Crippen LogP contribution >= 0.6 is 34.4 Å². The number of aromatic nitrogens is 3. The maximum absolute atomic E-state index is 12.9. The SMILES string of the molecule is CCn1c(SCC(=O)Nc2c(C)cc(I)cc2C)nnc1[C@@H](NC(=O)c1ccc(C)cc1)C(C)C. The van der Waals surface area contributed by atoms with Gasteiger partial charge in [0.15, 0.2) is 11.0 Å². The number of nitrogens with one attached hydrogen (secondary N) is 2. The van der Waals surface area contributed by atoms with Gasteiger partial charge >= 0.3 is 0 Å². The summed E-state index contributed by atoms with van der Waals surface area (Å²) in [6.45, 7) is 12.7. The summed E-state index contributed by atoms with van der Waals surface area (Å²) < 4.78 is 3.11. The molecule has 0 bridgehead atoms. The fourth-order valence-electron chi connectivity index (χ4n) is 3.81. The van der Waals surface area contributed by atoms with Crippen molar-refractivity contribution >= 4 is 51.9 Å². The number of benzene rings is 2. The number of anilines is 1. The third kappa shape index (κ3) is 6.84. The van der Waals surface area contributed by atoms with Gasteiger partial charge in [-0.15, -0.1) is 10.2 Å². The third-order valence-corrected chi connectivity index (χ3v) is 7.29. The predicted octanol–water partition coefficient (Wildman–Crippen LogP) is 5.69. The van der Waals surface area contributed by atoms with E-state index in [4.69, 9.17) is 0 Å². The van der Waals surface area contributed by atoms with E-state index in [1.54, 1.807) is 0 Å². The molecule has 35 heavy (non-hydrogen) atoms. The molecular weight excluding hydrogens is 573 g/mol. The predicted molar refractivity (Wildman–Crippen MR) is 150 cm³/mol. The Labute approximate surface area is 225 Å². The van der Waals surface area contributed by atoms with Crippen LogP contribution in [0.3, 0.4) is 0 Å². The number of aryl methyl sites for hydroxylation is 3. The Morgan fingerprint density at radius 2 is 1.69 bits per heavy atom. The van der Waals surface area contributed by atoms with Crippen molar-refractivity contribution in [3.05, 3.63) is 68.0 Å². The van der Waals surface area contributed by atoms with E-state index in [0.29, 0.717) is 23.1 Å². The normalized spacial score (nSPS) is 12.0. The first kappa shape index (κ1) is 27.2. The number of carbonyl (C=O) groups is 2. The molecule has 3 aromatic rings. The van der Waals surface area contributed by atoms with E-state index in [-0.39, 0.29) is 29.5 Å². The number of carbonyl (C=O) groups excluding carboxylic acids is 2. The van der Waals surface area contributed by atoms with Crippen molar-refractivity contribution in [1.29, 1.82) is 0 Å². The Morgan fingerprint density at radius 3 is 2.26 bits per heavy atom. The summed E-state index contributed by atoms with van der Waals surface area (Å²) in [6, 6.07) is 11.3. The molecule has 186 valence electrons. The summed E-state index contributed by atoms with van der Waals surface area (Å²) in [5, 5.41) is 15.6. The Morgan fingerprint density at radius 1 is 1.06 bits per heavy atom. The topological polar surface area (TPSA) is 88.9 Å². The standard InChI is InChI=1S/C26H32IN5O2S/c1-7-32-24(22(15(2)3)29-25(34)19-10-8-16(4)9-11-19)30-31-26(32)35-14-21(33)28-23-17(5)12-20(27)13-18(23)6/h8-13,15,22H,7,14H2,1-6H3,(H,28,33)(H,29,34)/t22-/m0/s1. The van der Waals surface area contributed by atoms with Gasteiger partial charge in [-0.1, -0.05) is 43.3 Å². The number of halogens is 1. The van der Waals surface area contributed by atoms with Crippen LogP contribution in [0, 0.1) is 30.3 Å². The number of nitrogens with zero attached hydrogens (tertiary/aromatic N) is 3. The van der Waals surface area contributed by atoms with Crippen molar-refractivity contribution in [3.63, 3.8) is 0 Å². The highest BCUT2D eigenvalue weighted by molar-refractivity contribution is 14.1. The second-order valence-electron chi connectivity index (χ2n) is 8.90. The molecule has 0 spiro atoms. The molecule has 0 radical (unpaired) electrons. The van der Waals surface area contributed by atoms with Crippen LogP contribution in [-0.2, 0) is 11.3 Å². The molecule has 3 rings (SSSR count). The van der Waals surface area contributed by atoms with Crippen LogP contribution in [0.5, 0.6) is 0 Å². The summed E-state index contributed by atoms with van der Waals surface area (Å²) in [7, 11) is 0. The first-order valence-corrected chi connectivity index (χ1v) is 13.7. The maximum atomic E-state index is 12.9. The molecule has 2 amide bonds. The minimum Gasteiger partial charge on any atom is -0.342 e. The minimum atomic E-state index is -0.309. The molecule has 0 saturated carbocycles. The highest BCUT2D eigenvalue weighted by Gasteiger charge is 2.26. The lowest BCUT2D eigenvalue weighted by Gasteiger charge is -2.22. The first-order valence-electron chi connectivity index (χ1n) is 11.6. The quantitative estimate of drug-likeness (QED) is 0.242. The Kier molecular flexibility index (Phi) is 9.34. The number of hydrogen-bond acceptors (Lipinski definition) is 5. The van der Waals surface area contributed by atoms with Crippen LogP contribution in [0.1, 0.15) is 59.7 Å². The largest absolute Gasteiger partial charge is 0.342 e. The summed E-state index contributed by atoms with van der Waals surface area (Å²) >= 11 is 3.62. The van der Waals surface area contributed by atoms with E-state index < -0.39 is 0 Å². The molecule has 2 N–H and O–H groups in total. The summed E-state index contributed by atoms with van der Waals surface area (Å²) in [6.07, 6.45) is 0. The van der Waals surface area contributed by atoms with Gasteiger partial charge in [-0.25, -0.2) is 0 Å². The highest BCUT2D eigenvalue weighted by Crippen LogP contribution is 2.27. The molecule has 0 saturated heterocycles. The lowest BCUT2D eigenvalue weighted by atomic mass is 10.0. The Bertz CT molecular complexity index is 1180. The zero-order valence-corrected chi connectivity index (χ0v) is 24.0. The molecular formula is C26H32IN5O2S. The highest BCUT2D eigenvalue weighted by atomic mass is 127. The number of hydrogen-bond donors (Lipinski definition) is 2. The zero-order valence-electron chi connectivity index (χ0n) is 21.0. The van der Waals surface area contributed by atoms with Crippen LogP contribution in [0.15, 0.2) is 41.6 Å². The molecule has 1 atom stereocenters. The zero-order chi connectivity index (χ0) is 25.7. The van der Waals surface area contributed by atoms with Gasteiger partial charge in [0.05, 0.1) is 11.8 Å². The van der Waals surface area contributed by atoms with Crippen molar-refractivity contribution in [2.45, 2.75) is 59.3 Å². The molecule has 0 aliphatic heterocycles. The Balaban J connectivity index is 1.72. The van der Waals surface area contributed by atoms with Gasteiger partial charge in [0.25, 0.3) is 5.91 Å². The molecule has 0 unspecified atom stereocenters. The van der Waals surface area contributed by atoms with Gasteiger partial charge < -0.3 is 15.2 Å². The van der Waals surface area contributed by atoms with Crippen molar-refractivity contribution in [1.82, 2.24) is 20.1 Å². The second-order valence-corrected chi connectivity index (χ2v) is 11.1. The molecule has 9 heteroatoms. The lowest BCUT2D eigenvalue weighted by molar-refractivity contribution is -0.113. The number of amides is 2. The molecule has 1 aromatic heterocycles. The number of thioether (sulfide) groups is 1. The van der Waals surface area contributed by atoms with Gasteiger partial charge in [0.1, 0.15) is 0 Å². The molecule has 0 fully saturated rings. The fourth-order valence-corrected chi connectivity index (χ4v) is 5.55. The van der Waals surface area contributed by atoms with Crippen LogP contribution in [0.4, 0.5) is 5.69 Å². The number of rotatable bonds is 9. The molecule has 1 heterocycles. The van der Waals surface area contributed by atoms with Crippen LogP contribution in [0.2, 0.25) is 0 Å². The average molecular weight is 606 g/mol. The maximum Gasteiger partial charge on any atom is 0.251 e. The second kappa shape index (κ2) is 12.0. The minimum absolute atomic E-state index is 0.0947. The molecule has 2 aromatic carbocycles. The molecule has 0 aliphatic carbocycles. The Hall–Kier alpha value is -2.40. The summed E-state index contributed by atoms with van der Waals surface area (Å²) in [4.78, 5) is 25.6. The fraction of sp³-hybridized carbons (Fsp3) is 0.385. The molecule has 7 nitrogen and oxygen atoms in total. The third-order valence-electron chi connectivity index (χ3n) is 5.70. The van der Waals surface area contributed by atoms with Gasteiger partial charge in [0.2, 0.25) is 5.91 Å². The average Bonchev–Trinajstić information content (AvgIpc) is 3.21. The van der Waals surface area contributed by atoms with E-state index in [0.717, 1.165) is 25.9 Å². The van der Waals surface area contributed by atoms with E-state index >= 15 is 0 Å². The smallest absolute Gasteiger partial charge is 0.251 e. The van der Waals surface area contributed by atoms with Crippen molar-refractivity contribution in [2.75, 3.05) is 11.1 Å². The van der Waals surface area contributed by atoms with Gasteiger partial charge in [0, 0.05) is 21.4 Å². The summed E-state index contributed by atoms with van der Waals surface area (Å²) in [5.41, 5.74) is 4.64. The van der Waals surface area contributed by atoms with Crippen molar-refractivity contribution in [3.8, 4) is 0 Å². The van der Waals surface area contributed by atoms with Crippen LogP contribution in [-0.4, -0.2) is 32.3 Å². The van der Waals surface area contributed by atoms with E-state index in [1.165, 1.54) is 11.8 Å². The van der Waals surface area contributed by atoms with E-state index in [2.05, 4.69) is 43.4 Å². The van der Waals surface area contributed by atoms with Gasteiger partial charge in [-0.3, -0.25) is 9.59 Å². The van der Waals surface area contributed by atoms with Crippen molar-refractivity contribution < 1.29 is 9.59 Å². The van der Waals surface area contributed by atoms with Crippen molar-refractivity contribution in [2.24, 2.45) is 5.92 Å².